The monoisotopic (exact) mass is 476 g/mol. The summed E-state index contributed by atoms with van der Waals surface area (Å²) in [6, 6.07) is 14.8. The second kappa shape index (κ2) is 12.8. The van der Waals surface area contributed by atoms with Gasteiger partial charge in [-0.15, -0.1) is 0 Å². The van der Waals surface area contributed by atoms with Gasteiger partial charge < -0.3 is 14.7 Å². The zero-order valence-electron chi connectivity index (χ0n) is 21.1. The van der Waals surface area contributed by atoms with E-state index in [0.717, 1.165) is 56.9 Å². The summed E-state index contributed by atoms with van der Waals surface area (Å²) in [6.07, 6.45) is 9.83. The Morgan fingerprint density at radius 2 is 1.66 bits per heavy atom. The van der Waals surface area contributed by atoms with E-state index in [0.29, 0.717) is 19.6 Å². The average Bonchev–Trinajstić information content (AvgIpc) is 2.90. The van der Waals surface area contributed by atoms with Crippen LogP contribution < -0.4 is 0 Å². The number of rotatable bonds is 9. The van der Waals surface area contributed by atoms with E-state index in [2.05, 4.69) is 40.2 Å². The van der Waals surface area contributed by atoms with E-state index in [1.54, 1.807) is 13.1 Å². The molecule has 188 valence electrons. The Kier molecular flexibility index (Phi) is 9.29. The van der Waals surface area contributed by atoms with E-state index in [1.807, 2.05) is 28.1 Å². The Balaban J connectivity index is 1.25. The zero-order chi connectivity index (χ0) is 24.5. The average molecular weight is 477 g/mol. The number of amides is 2. The summed E-state index contributed by atoms with van der Waals surface area (Å²) in [5, 5.41) is 0. The summed E-state index contributed by atoms with van der Waals surface area (Å²) in [5.74, 6) is 1.13. The van der Waals surface area contributed by atoms with E-state index in [9.17, 15) is 9.59 Å². The molecule has 0 N–H and O–H groups in total. The maximum absolute atomic E-state index is 13.5. The molecular weight excluding hydrogens is 436 g/mol. The van der Waals surface area contributed by atoms with Crippen LogP contribution >= 0.6 is 0 Å². The lowest BCUT2D eigenvalue weighted by Crippen LogP contribution is -2.44. The zero-order valence-corrected chi connectivity index (χ0v) is 21.1. The van der Waals surface area contributed by atoms with Gasteiger partial charge in [-0.2, -0.15) is 0 Å². The molecule has 6 heteroatoms. The normalized spacial score (nSPS) is 17.9. The standard InChI is InChI=1S/C29H40N4O2/c1-24(34)32-19-12-28(13-20-32)29(35)33(23-27-9-5-14-30-22-27)16-6-15-31-17-10-26(11-18-31)21-25-7-3-2-4-8-25/h2-5,7-9,14,22,26,28H,6,10-13,15-21,23H2,1H3. The molecule has 1 aromatic heterocycles. The molecule has 0 atom stereocenters. The first-order chi connectivity index (χ1) is 17.1. The number of benzene rings is 1. The van der Waals surface area contributed by atoms with Crippen LogP contribution in [0.25, 0.3) is 0 Å². The number of piperidine rings is 2. The van der Waals surface area contributed by atoms with Crippen molar-refractivity contribution in [2.75, 3.05) is 39.3 Å². The highest BCUT2D eigenvalue weighted by Gasteiger charge is 2.29. The predicted molar refractivity (Wildman–Crippen MR) is 139 cm³/mol. The van der Waals surface area contributed by atoms with Crippen LogP contribution in [0.1, 0.15) is 50.2 Å². The van der Waals surface area contributed by atoms with Crippen LogP contribution in [0, 0.1) is 11.8 Å². The fourth-order valence-electron chi connectivity index (χ4n) is 5.53. The highest BCUT2D eigenvalue weighted by molar-refractivity contribution is 5.79. The summed E-state index contributed by atoms with van der Waals surface area (Å²) in [5.41, 5.74) is 2.52. The fraction of sp³-hybridized carbons (Fsp3) is 0.552. The van der Waals surface area contributed by atoms with Crippen LogP contribution in [-0.4, -0.2) is 70.8 Å². The number of pyridine rings is 1. The summed E-state index contributed by atoms with van der Waals surface area (Å²) in [6.45, 7) is 7.70. The predicted octanol–water partition coefficient (Wildman–Crippen LogP) is 4.01. The first-order valence-electron chi connectivity index (χ1n) is 13.3. The molecule has 6 nitrogen and oxygen atoms in total. The Morgan fingerprint density at radius 3 is 2.31 bits per heavy atom. The summed E-state index contributed by atoms with van der Waals surface area (Å²) < 4.78 is 0. The molecule has 4 rings (SSSR count). The van der Waals surface area contributed by atoms with Gasteiger partial charge in [0.05, 0.1) is 0 Å². The minimum Gasteiger partial charge on any atom is -0.343 e. The first kappa shape index (κ1) is 25.4. The maximum Gasteiger partial charge on any atom is 0.226 e. The van der Waals surface area contributed by atoms with Gasteiger partial charge in [0.1, 0.15) is 0 Å². The van der Waals surface area contributed by atoms with Crippen LogP contribution in [-0.2, 0) is 22.6 Å². The van der Waals surface area contributed by atoms with Crippen molar-refractivity contribution in [3.8, 4) is 0 Å². The van der Waals surface area contributed by atoms with Gasteiger partial charge in [0.15, 0.2) is 0 Å². The van der Waals surface area contributed by atoms with Crippen molar-refractivity contribution in [3.63, 3.8) is 0 Å². The Hall–Kier alpha value is -2.73. The first-order valence-corrected chi connectivity index (χ1v) is 13.3. The maximum atomic E-state index is 13.5. The minimum absolute atomic E-state index is 0.0102. The molecule has 0 bridgehead atoms. The molecule has 2 amide bonds. The third-order valence-corrected chi connectivity index (χ3v) is 7.67. The summed E-state index contributed by atoms with van der Waals surface area (Å²) in [4.78, 5) is 35.8. The van der Waals surface area contributed by atoms with Gasteiger partial charge in [0.2, 0.25) is 11.8 Å². The Bertz CT molecular complexity index is 920. The van der Waals surface area contributed by atoms with Gasteiger partial charge in [-0.1, -0.05) is 36.4 Å². The van der Waals surface area contributed by atoms with Gasteiger partial charge >= 0.3 is 0 Å². The van der Waals surface area contributed by atoms with E-state index < -0.39 is 0 Å². The van der Waals surface area contributed by atoms with Crippen LogP contribution in [0.15, 0.2) is 54.9 Å². The summed E-state index contributed by atoms with van der Waals surface area (Å²) >= 11 is 0. The molecule has 2 fully saturated rings. The molecule has 2 aliphatic rings. The molecule has 0 aliphatic carbocycles. The van der Waals surface area contributed by atoms with Crippen molar-refractivity contribution in [1.29, 1.82) is 0 Å². The number of hydrogen-bond acceptors (Lipinski definition) is 4. The van der Waals surface area contributed by atoms with Crippen molar-refractivity contribution in [2.24, 2.45) is 11.8 Å². The van der Waals surface area contributed by atoms with Gasteiger partial charge in [-0.3, -0.25) is 14.6 Å². The topological polar surface area (TPSA) is 56.8 Å². The molecule has 2 aromatic rings. The molecule has 0 unspecified atom stereocenters. The van der Waals surface area contributed by atoms with Gasteiger partial charge in [0.25, 0.3) is 0 Å². The van der Waals surface area contributed by atoms with Crippen molar-refractivity contribution >= 4 is 11.8 Å². The van der Waals surface area contributed by atoms with Gasteiger partial charge in [-0.25, -0.2) is 0 Å². The molecular formula is C29H40N4O2. The molecule has 3 heterocycles. The van der Waals surface area contributed by atoms with Gasteiger partial charge in [0, 0.05) is 51.4 Å². The highest BCUT2D eigenvalue weighted by Crippen LogP contribution is 2.23. The van der Waals surface area contributed by atoms with Crippen LogP contribution in [0.4, 0.5) is 0 Å². The third kappa shape index (κ3) is 7.63. The number of carbonyl (C=O) groups excluding carboxylic acids is 2. The summed E-state index contributed by atoms with van der Waals surface area (Å²) in [7, 11) is 0. The lowest BCUT2D eigenvalue weighted by molar-refractivity contribution is -0.140. The molecule has 0 saturated carbocycles. The minimum atomic E-state index is 0.0102. The van der Waals surface area contributed by atoms with E-state index in [1.165, 1.54) is 24.8 Å². The molecule has 2 aliphatic heterocycles. The molecule has 0 spiro atoms. The molecule has 1 aromatic carbocycles. The number of likely N-dealkylation sites (tertiary alicyclic amines) is 2. The van der Waals surface area contributed by atoms with E-state index in [-0.39, 0.29) is 17.7 Å². The number of aromatic nitrogens is 1. The Labute approximate surface area is 210 Å². The molecule has 2 saturated heterocycles. The van der Waals surface area contributed by atoms with E-state index in [4.69, 9.17) is 0 Å². The van der Waals surface area contributed by atoms with Crippen LogP contribution in [0.5, 0.6) is 0 Å². The fourth-order valence-corrected chi connectivity index (χ4v) is 5.53. The third-order valence-electron chi connectivity index (χ3n) is 7.67. The second-order valence-electron chi connectivity index (χ2n) is 10.2. The molecule has 0 radical (unpaired) electrons. The van der Waals surface area contributed by atoms with Crippen molar-refractivity contribution in [3.05, 3.63) is 66.0 Å². The van der Waals surface area contributed by atoms with Crippen LogP contribution in [0.3, 0.4) is 0 Å². The lowest BCUT2D eigenvalue weighted by atomic mass is 9.90. The van der Waals surface area contributed by atoms with E-state index >= 15 is 0 Å². The number of hydrogen-bond donors (Lipinski definition) is 0. The SMILES string of the molecule is CC(=O)N1CCC(C(=O)N(CCCN2CCC(Cc3ccccc3)CC2)Cc2cccnc2)CC1. The lowest BCUT2D eigenvalue weighted by Gasteiger charge is -2.35. The van der Waals surface area contributed by atoms with Crippen molar-refractivity contribution in [1.82, 2.24) is 19.7 Å². The number of nitrogens with zero attached hydrogens (tertiary/aromatic N) is 4. The van der Waals surface area contributed by atoms with Crippen LogP contribution in [0.2, 0.25) is 0 Å². The van der Waals surface area contributed by atoms with Crippen molar-refractivity contribution < 1.29 is 9.59 Å². The Morgan fingerprint density at radius 1 is 0.943 bits per heavy atom. The number of carbonyl (C=O) groups is 2. The van der Waals surface area contributed by atoms with Crippen molar-refractivity contribution in [2.45, 2.75) is 52.0 Å². The quantitative estimate of drug-likeness (QED) is 0.549. The largest absolute Gasteiger partial charge is 0.343 e. The molecule has 35 heavy (non-hydrogen) atoms. The second-order valence-corrected chi connectivity index (χ2v) is 10.2. The van der Waals surface area contributed by atoms with Gasteiger partial charge in [-0.05, 0) is 81.3 Å². The highest BCUT2D eigenvalue weighted by atomic mass is 16.2. The smallest absolute Gasteiger partial charge is 0.226 e.